The first-order valence-electron chi connectivity index (χ1n) is 6.42. The molecule has 0 unspecified atom stereocenters. The predicted octanol–water partition coefficient (Wildman–Crippen LogP) is 3.56. The van der Waals surface area contributed by atoms with Gasteiger partial charge in [0.1, 0.15) is 17.3 Å². The van der Waals surface area contributed by atoms with Gasteiger partial charge in [-0.05, 0) is 30.3 Å². The van der Waals surface area contributed by atoms with Crippen molar-refractivity contribution in [2.24, 2.45) is 5.10 Å². The molecule has 1 aromatic carbocycles. The molecule has 0 atom stereocenters. The summed E-state index contributed by atoms with van der Waals surface area (Å²) in [6.07, 6.45) is 3.14. The van der Waals surface area contributed by atoms with Crippen LogP contribution in [0, 0.1) is 0 Å². The van der Waals surface area contributed by atoms with E-state index in [0.29, 0.717) is 27.9 Å². The first-order valence-corrected chi connectivity index (χ1v) is 7.30. The molecule has 22 heavy (non-hydrogen) atoms. The average Bonchev–Trinajstić information content (AvgIpc) is 3.20. The highest BCUT2D eigenvalue weighted by Gasteiger charge is 2.10. The van der Waals surface area contributed by atoms with Crippen molar-refractivity contribution in [3.63, 3.8) is 0 Å². The molecule has 0 saturated carbocycles. The molecule has 3 rings (SSSR count). The van der Waals surface area contributed by atoms with E-state index in [9.17, 15) is 5.11 Å². The number of aromatic nitrogens is 1. The minimum Gasteiger partial charge on any atom is -0.507 e. The van der Waals surface area contributed by atoms with Crippen molar-refractivity contribution >= 4 is 22.7 Å². The largest absolute Gasteiger partial charge is 0.507 e. The summed E-state index contributed by atoms with van der Waals surface area (Å²) in [5.74, 6) is 1.46. The lowest BCUT2D eigenvalue weighted by Crippen LogP contribution is -1.89. The van der Waals surface area contributed by atoms with Crippen LogP contribution in [-0.2, 0) is 0 Å². The molecule has 2 N–H and O–H groups in total. The average molecular weight is 315 g/mol. The summed E-state index contributed by atoms with van der Waals surface area (Å²) in [4.78, 5) is 4.38. The van der Waals surface area contributed by atoms with Crippen LogP contribution in [-0.4, -0.2) is 23.4 Å². The molecular weight excluding hydrogens is 302 g/mol. The summed E-state index contributed by atoms with van der Waals surface area (Å²) in [5, 5.41) is 16.4. The molecule has 0 saturated heterocycles. The highest BCUT2D eigenvalue weighted by Crippen LogP contribution is 2.34. The minimum atomic E-state index is 0.150. The summed E-state index contributed by atoms with van der Waals surface area (Å²) in [6, 6.07) is 8.59. The van der Waals surface area contributed by atoms with Gasteiger partial charge < -0.3 is 14.3 Å². The Morgan fingerprint density at radius 2 is 2.32 bits per heavy atom. The van der Waals surface area contributed by atoms with Crippen molar-refractivity contribution in [1.29, 1.82) is 0 Å². The maximum Gasteiger partial charge on any atom is 0.203 e. The second kappa shape index (κ2) is 6.31. The van der Waals surface area contributed by atoms with Gasteiger partial charge in [-0.15, -0.1) is 11.3 Å². The van der Waals surface area contributed by atoms with Crippen molar-refractivity contribution in [2.45, 2.75) is 0 Å². The van der Waals surface area contributed by atoms with Crippen LogP contribution >= 0.6 is 11.3 Å². The highest BCUT2D eigenvalue weighted by atomic mass is 32.1. The molecule has 0 bridgehead atoms. The molecule has 2 heterocycles. The van der Waals surface area contributed by atoms with Crippen LogP contribution < -0.4 is 10.2 Å². The van der Waals surface area contributed by atoms with Gasteiger partial charge in [-0.1, -0.05) is 0 Å². The third-order valence-corrected chi connectivity index (χ3v) is 3.63. The van der Waals surface area contributed by atoms with E-state index < -0.39 is 0 Å². The van der Waals surface area contributed by atoms with Crippen LogP contribution in [0.15, 0.2) is 51.5 Å². The molecule has 3 aromatic rings. The first-order chi connectivity index (χ1) is 10.8. The number of aromatic hydroxyl groups is 1. The van der Waals surface area contributed by atoms with E-state index >= 15 is 0 Å². The van der Waals surface area contributed by atoms with Crippen LogP contribution in [0.25, 0.3) is 11.3 Å². The number of hydrazone groups is 1. The standard InChI is InChI=1S/C15H13N3O3S/c1-20-10-4-5-14(19)12(7-10)13-9-22-15(17-13)18-16-8-11-3-2-6-21-11/h2-9,19H,1H3,(H,17,18)/b16-8+. The summed E-state index contributed by atoms with van der Waals surface area (Å²) in [5.41, 5.74) is 4.09. The lowest BCUT2D eigenvalue weighted by atomic mass is 10.1. The lowest BCUT2D eigenvalue weighted by Gasteiger charge is -2.04. The van der Waals surface area contributed by atoms with Crippen molar-refractivity contribution in [2.75, 3.05) is 12.5 Å². The Balaban J connectivity index is 1.76. The Morgan fingerprint density at radius 3 is 3.09 bits per heavy atom. The predicted molar refractivity (Wildman–Crippen MR) is 85.7 cm³/mol. The third-order valence-electron chi connectivity index (χ3n) is 2.88. The summed E-state index contributed by atoms with van der Waals surface area (Å²) in [7, 11) is 1.58. The molecule has 0 radical (unpaired) electrons. The van der Waals surface area contributed by atoms with Gasteiger partial charge in [-0.2, -0.15) is 5.10 Å². The number of anilines is 1. The number of thiazole rings is 1. The van der Waals surface area contributed by atoms with E-state index in [1.165, 1.54) is 11.3 Å². The first kappa shape index (κ1) is 14.2. The fraction of sp³-hybridized carbons (Fsp3) is 0.0667. The zero-order valence-electron chi connectivity index (χ0n) is 11.7. The molecule has 112 valence electrons. The fourth-order valence-corrected chi connectivity index (χ4v) is 2.47. The Hall–Kier alpha value is -2.80. The molecule has 0 aliphatic carbocycles. The summed E-state index contributed by atoms with van der Waals surface area (Å²) in [6.45, 7) is 0. The van der Waals surface area contributed by atoms with Crippen LogP contribution in [0.4, 0.5) is 5.13 Å². The van der Waals surface area contributed by atoms with Crippen LogP contribution in [0.3, 0.4) is 0 Å². The van der Waals surface area contributed by atoms with Crippen LogP contribution in [0.5, 0.6) is 11.5 Å². The Bertz CT molecular complexity index is 781. The maximum absolute atomic E-state index is 9.94. The van der Waals surface area contributed by atoms with Gasteiger partial charge >= 0.3 is 0 Å². The van der Waals surface area contributed by atoms with Crippen molar-refractivity contribution in [1.82, 2.24) is 4.98 Å². The number of phenolic OH excluding ortho intramolecular Hbond substituents is 1. The summed E-state index contributed by atoms with van der Waals surface area (Å²) >= 11 is 1.39. The second-order valence-electron chi connectivity index (χ2n) is 4.31. The number of benzene rings is 1. The van der Waals surface area contributed by atoms with Gasteiger partial charge in [0.2, 0.25) is 5.13 Å². The number of hydrogen-bond donors (Lipinski definition) is 2. The zero-order chi connectivity index (χ0) is 15.4. The zero-order valence-corrected chi connectivity index (χ0v) is 12.5. The number of phenols is 1. The van der Waals surface area contributed by atoms with Crippen LogP contribution in [0.1, 0.15) is 5.76 Å². The number of ether oxygens (including phenoxy) is 1. The number of furan rings is 1. The van der Waals surface area contributed by atoms with E-state index in [4.69, 9.17) is 9.15 Å². The van der Waals surface area contributed by atoms with E-state index in [-0.39, 0.29) is 5.75 Å². The van der Waals surface area contributed by atoms with Crippen molar-refractivity contribution in [3.05, 3.63) is 47.7 Å². The van der Waals surface area contributed by atoms with Crippen LogP contribution in [0.2, 0.25) is 0 Å². The third kappa shape index (κ3) is 3.09. The highest BCUT2D eigenvalue weighted by molar-refractivity contribution is 7.14. The Kier molecular flexibility index (Phi) is 4.06. The monoisotopic (exact) mass is 315 g/mol. The maximum atomic E-state index is 9.94. The molecule has 2 aromatic heterocycles. The Morgan fingerprint density at radius 1 is 1.41 bits per heavy atom. The molecule has 0 amide bonds. The number of nitrogens with one attached hydrogen (secondary N) is 1. The van der Waals surface area contributed by atoms with E-state index in [2.05, 4.69) is 15.5 Å². The lowest BCUT2D eigenvalue weighted by molar-refractivity contribution is 0.412. The van der Waals surface area contributed by atoms with Gasteiger partial charge in [-0.3, -0.25) is 5.43 Å². The molecule has 0 spiro atoms. The molecule has 7 heteroatoms. The smallest absolute Gasteiger partial charge is 0.203 e. The topological polar surface area (TPSA) is 79.9 Å². The second-order valence-corrected chi connectivity index (χ2v) is 5.16. The van der Waals surface area contributed by atoms with E-state index in [0.717, 1.165) is 0 Å². The molecular formula is C15H13N3O3S. The molecule has 0 aliphatic heterocycles. The SMILES string of the molecule is COc1ccc(O)c(-c2csc(N/N=C/c3ccco3)n2)c1. The van der Waals surface area contributed by atoms with Gasteiger partial charge in [-0.25, -0.2) is 4.98 Å². The summed E-state index contributed by atoms with van der Waals surface area (Å²) < 4.78 is 10.3. The normalized spacial score (nSPS) is 11.0. The van der Waals surface area contributed by atoms with Gasteiger partial charge in [0.25, 0.3) is 0 Å². The van der Waals surface area contributed by atoms with Crippen molar-refractivity contribution in [3.8, 4) is 22.8 Å². The number of methoxy groups -OCH3 is 1. The number of rotatable bonds is 5. The van der Waals surface area contributed by atoms with Crippen molar-refractivity contribution < 1.29 is 14.3 Å². The molecule has 0 fully saturated rings. The van der Waals surface area contributed by atoms with E-state index in [1.54, 1.807) is 49.9 Å². The van der Waals surface area contributed by atoms with Gasteiger partial charge in [0.15, 0.2) is 0 Å². The fourth-order valence-electron chi connectivity index (χ4n) is 1.81. The molecule has 6 nitrogen and oxygen atoms in total. The van der Waals surface area contributed by atoms with E-state index in [1.807, 2.05) is 5.38 Å². The van der Waals surface area contributed by atoms with Gasteiger partial charge in [0.05, 0.1) is 25.3 Å². The molecule has 0 aliphatic rings. The van der Waals surface area contributed by atoms with Gasteiger partial charge in [0, 0.05) is 10.9 Å². The number of hydrogen-bond acceptors (Lipinski definition) is 7. The Labute approximate surface area is 130 Å². The number of nitrogens with zero attached hydrogens (tertiary/aromatic N) is 2. The quantitative estimate of drug-likeness (QED) is 0.556. The minimum absolute atomic E-state index is 0.150.